The summed E-state index contributed by atoms with van der Waals surface area (Å²) >= 11 is 13.9. The van der Waals surface area contributed by atoms with Gasteiger partial charge in [-0.2, -0.15) is 0 Å². The Morgan fingerprint density at radius 1 is 1.09 bits per heavy atom. The minimum atomic E-state index is -0.709. The van der Waals surface area contributed by atoms with Crippen molar-refractivity contribution in [2.45, 2.75) is 18.9 Å². The molecule has 3 rings (SSSR count). The Morgan fingerprint density at radius 2 is 1.86 bits per heavy atom. The summed E-state index contributed by atoms with van der Waals surface area (Å²) < 4.78 is 11.6. The highest BCUT2D eigenvalue weighted by molar-refractivity contribution is 8.13. The van der Waals surface area contributed by atoms with Crippen LogP contribution in [0.25, 0.3) is 0 Å². The van der Waals surface area contributed by atoms with Crippen LogP contribution in [0.3, 0.4) is 0 Å². The molecule has 0 spiro atoms. The van der Waals surface area contributed by atoms with Crippen LogP contribution < -0.4 is 0 Å². The first kappa shape index (κ1) is 27.7. The van der Waals surface area contributed by atoms with Crippen LogP contribution in [0.5, 0.6) is 0 Å². The number of carbonyl (C=O) groups is 1. The first-order valence-corrected chi connectivity index (χ1v) is 13.4. The summed E-state index contributed by atoms with van der Waals surface area (Å²) in [4.78, 5) is 24.8. The van der Waals surface area contributed by atoms with E-state index in [4.69, 9.17) is 37.7 Å². The van der Waals surface area contributed by atoms with E-state index in [9.17, 15) is 4.79 Å². The van der Waals surface area contributed by atoms with E-state index in [1.54, 1.807) is 12.1 Å². The van der Waals surface area contributed by atoms with E-state index < -0.39 is 12.0 Å². The van der Waals surface area contributed by atoms with Gasteiger partial charge in [-0.3, -0.25) is 9.79 Å². The summed E-state index contributed by atoms with van der Waals surface area (Å²) in [5, 5.41) is 1.44. The lowest BCUT2D eigenvalue weighted by molar-refractivity contribution is -0.147. The second kappa shape index (κ2) is 14.0. The van der Waals surface area contributed by atoms with Crippen molar-refractivity contribution in [3.8, 4) is 0 Å². The molecule has 0 saturated carbocycles. The molecule has 1 aliphatic heterocycles. The molecule has 0 fully saturated rings. The number of carbonyl (C=O) groups excluding carboxylic acids is 1. The molecule has 188 valence electrons. The van der Waals surface area contributed by atoms with Crippen molar-refractivity contribution in [1.29, 1.82) is 0 Å². The number of halogens is 2. The average Bonchev–Trinajstić information content (AvgIpc) is 2.86. The first-order valence-electron chi connectivity index (χ1n) is 11.5. The minimum Gasteiger partial charge on any atom is -0.465 e. The van der Waals surface area contributed by atoms with Gasteiger partial charge in [0.1, 0.15) is 5.92 Å². The maximum Gasteiger partial charge on any atom is 0.317 e. The molecule has 0 bridgehead atoms. The van der Waals surface area contributed by atoms with Gasteiger partial charge in [-0.15, -0.1) is 0 Å². The van der Waals surface area contributed by atoms with Crippen LogP contribution in [0.15, 0.2) is 58.5 Å². The first-order chi connectivity index (χ1) is 16.9. The molecule has 0 aromatic heterocycles. The third kappa shape index (κ3) is 8.33. The van der Waals surface area contributed by atoms with E-state index in [-0.39, 0.29) is 12.6 Å². The normalized spacial score (nSPS) is 17.8. The van der Waals surface area contributed by atoms with Gasteiger partial charge in [0, 0.05) is 6.54 Å². The number of amidine groups is 1. The summed E-state index contributed by atoms with van der Waals surface area (Å²) in [5.74, 6) is -1.08. The van der Waals surface area contributed by atoms with Crippen molar-refractivity contribution >= 4 is 51.8 Å². The molecular formula is C26H31Cl2N3O3S. The van der Waals surface area contributed by atoms with Crippen LogP contribution in [-0.2, 0) is 20.7 Å². The third-order valence-electron chi connectivity index (χ3n) is 5.51. The van der Waals surface area contributed by atoms with Crippen molar-refractivity contribution in [2.75, 3.05) is 46.7 Å². The zero-order valence-corrected chi connectivity index (χ0v) is 22.6. The number of aliphatic imine (C=N–C) groups is 2. The maximum atomic E-state index is 13.4. The fourth-order valence-electron chi connectivity index (χ4n) is 3.65. The number of benzene rings is 2. The fraction of sp³-hybridized carbons (Fsp3) is 0.423. The lowest BCUT2D eigenvalue weighted by Gasteiger charge is -2.28. The Kier molecular flexibility index (Phi) is 11.1. The zero-order valence-electron chi connectivity index (χ0n) is 20.2. The summed E-state index contributed by atoms with van der Waals surface area (Å²) in [6.45, 7) is 1.82. The van der Waals surface area contributed by atoms with E-state index in [1.807, 2.05) is 49.5 Å². The lowest BCUT2D eigenvalue weighted by Crippen LogP contribution is -2.37. The van der Waals surface area contributed by atoms with E-state index in [1.165, 1.54) is 17.3 Å². The second-order valence-electron chi connectivity index (χ2n) is 8.43. The molecule has 0 aliphatic carbocycles. The molecule has 0 radical (unpaired) electrons. The number of aryl methyl sites for hydroxylation is 1. The van der Waals surface area contributed by atoms with Gasteiger partial charge < -0.3 is 14.4 Å². The Labute approximate surface area is 221 Å². The van der Waals surface area contributed by atoms with Crippen molar-refractivity contribution < 1.29 is 14.3 Å². The monoisotopic (exact) mass is 535 g/mol. The fourth-order valence-corrected chi connectivity index (χ4v) is 4.39. The molecular weight excluding hydrogens is 505 g/mol. The Hall–Kier alpha value is -1.90. The predicted octanol–water partition coefficient (Wildman–Crippen LogP) is 5.58. The third-order valence-corrected chi connectivity index (χ3v) is 6.82. The van der Waals surface area contributed by atoms with Crippen LogP contribution in [0.2, 0.25) is 10.0 Å². The number of hydrogen-bond donors (Lipinski definition) is 0. The van der Waals surface area contributed by atoms with Crippen LogP contribution in [0, 0.1) is 5.92 Å². The number of ether oxygens (including phenoxy) is 2. The van der Waals surface area contributed by atoms with Gasteiger partial charge in [0.2, 0.25) is 0 Å². The molecule has 1 heterocycles. The Balaban J connectivity index is 1.78. The van der Waals surface area contributed by atoms with Crippen molar-refractivity contribution in [3.05, 3.63) is 69.7 Å². The van der Waals surface area contributed by atoms with Gasteiger partial charge in [-0.05, 0) is 56.5 Å². The highest BCUT2D eigenvalue weighted by Crippen LogP contribution is 2.36. The van der Waals surface area contributed by atoms with Crippen LogP contribution in [-0.4, -0.2) is 68.5 Å². The van der Waals surface area contributed by atoms with Gasteiger partial charge in [0.15, 0.2) is 5.17 Å². The minimum absolute atomic E-state index is 0.217. The lowest BCUT2D eigenvalue weighted by atomic mass is 9.88. The maximum absolute atomic E-state index is 13.4. The number of hydrogen-bond acceptors (Lipinski definition) is 7. The molecule has 9 heteroatoms. The smallest absolute Gasteiger partial charge is 0.317 e. The van der Waals surface area contributed by atoms with Gasteiger partial charge in [-0.25, -0.2) is 4.99 Å². The zero-order chi connectivity index (χ0) is 25.2. The second-order valence-corrected chi connectivity index (χ2v) is 10.0. The summed E-state index contributed by atoms with van der Waals surface area (Å²) in [7, 11) is 3.96. The van der Waals surface area contributed by atoms with Gasteiger partial charge in [-0.1, -0.05) is 71.4 Å². The molecule has 2 atom stereocenters. The van der Waals surface area contributed by atoms with Crippen molar-refractivity contribution in [1.82, 2.24) is 4.90 Å². The predicted molar refractivity (Wildman–Crippen MR) is 146 cm³/mol. The van der Waals surface area contributed by atoms with Gasteiger partial charge in [0.25, 0.3) is 0 Å². The molecule has 2 aromatic rings. The summed E-state index contributed by atoms with van der Waals surface area (Å²) in [6.07, 6.45) is 3.46. The molecule has 0 saturated heterocycles. The standard InChI is InChI=1S/C26H31Cl2N3O3S/c1-31(2)13-15-33-17-22-23(25(32)34-14-7-10-18-8-5-4-6-9-18)24(30-26(29-22)35-3)19-11-12-20(27)21(28)16-19/h4-6,8-9,11-12,16,23-24H,7,10,13-15,17H2,1-3H3. The molecule has 6 nitrogen and oxygen atoms in total. The summed E-state index contributed by atoms with van der Waals surface area (Å²) in [6, 6.07) is 14.9. The Bertz CT molecular complexity index is 1050. The highest BCUT2D eigenvalue weighted by atomic mass is 35.5. The van der Waals surface area contributed by atoms with Gasteiger partial charge >= 0.3 is 5.97 Å². The molecule has 1 aliphatic rings. The Morgan fingerprint density at radius 3 is 2.54 bits per heavy atom. The number of rotatable bonds is 11. The topological polar surface area (TPSA) is 63.5 Å². The van der Waals surface area contributed by atoms with E-state index in [0.717, 1.165) is 24.9 Å². The number of likely N-dealkylation sites (N-methyl/N-ethyl adjacent to an activating group) is 1. The number of esters is 1. The molecule has 35 heavy (non-hydrogen) atoms. The van der Waals surface area contributed by atoms with E-state index in [2.05, 4.69) is 17.1 Å². The largest absolute Gasteiger partial charge is 0.465 e. The van der Waals surface area contributed by atoms with Gasteiger partial charge in [0.05, 0.1) is 41.6 Å². The van der Waals surface area contributed by atoms with Crippen LogP contribution in [0.1, 0.15) is 23.6 Å². The van der Waals surface area contributed by atoms with Crippen LogP contribution in [0.4, 0.5) is 0 Å². The SMILES string of the molecule is CSC1=NC(c2ccc(Cl)c(Cl)c2)C(C(=O)OCCCc2ccccc2)C(COCCN(C)C)=N1. The van der Waals surface area contributed by atoms with Crippen molar-refractivity contribution in [2.24, 2.45) is 15.9 Å². The van der Waals surface area contributed by atoms with E-state index in [0.29, 0.717) is 34.1 Å². The van der Waals surface area contributed by atoms with E-state index >= 15 is 0 Å². The number of thioether (sulfide) groups is 1. The molecule has 0 amide bonds. The quantitative estimate of drug-likeness (QED) is 0.277. The molecule has 2 aromatic carbocycles. The number of nitrogens with zero attached hydrogens (tertiary/aromatic N) is 3. The summed E-state index contributed by atoms with van der Waals surface area (Å²) in [5.41, 5.74) is 2.59. The van der Waals surface area contributed by atoms with Crippen LogP contribution >= 0.6 is 35.0 Å². The average molecular weight is 537 g/mol. The molecule has 2 unspecified atom stereocenters. The van der Waals surface area contributed by atoms with Crippen molar-refractivity contribution in [3.63, 3.8) is 0 Å². The highest BCUT2D eigenvalue weighted by Gasteiger charge is 2.38. The molecule has 0 N–H and O–H groups in total.